The minimum absolute atomic E-state index is 0.00630. The van der Waals surface area contributed by atoms with Gasteiger partial charge in [-0.25, -0.2) is 0 Å². The molecule has 26 nitrogen and oxygen atoms in total. The third-order valence-corrected chi connectivity index (χ3v) is 33.5. The number of nitro benzene ring substituents is 4. The van der Waals surface area contributed by atoms with Gasteiger partial charge in [0.05, 0.1) is 74.1 Å². The fourth-order valence-electron chi connectivity index (χ4n) is 10.1. The Balaban J connectivity index is 0.000000189. The Labute approximate surface area is 599 Å². The Morgan fingerprint density at radius 1 is 0.469 bits per heavy atom. The zero-order valence-corrected chi connectivity index (χ0v) is 63.6. The van der Waals surface area contributed by atoms with Gasteiger partial charge in [-0.1, -0.05) is 51.0 Å². The van der Waals surface area contributed by atoms with Gasteiger partial charge >= 0.3 is 131 Å². The van der Waals surface area contributed by atoms with Crippen LogP contribution in [0.4, 0.5) is 34.1 Å². The third-order valence-electron chi connectivity index (χ3n) is 16.4. The average molecular weight is 1670 g/mol. The van der Waals surface area contributed by atoms with Gasteiger partial charge in [-0.15, -0.1) is 0 Å². The summed E-state index contributed by atoms with van der Waals surface area (Å²) in [6.45, 7) is 21.9. The number of anilines is 2. The van der Waals surface area contributed by atoms with Crippen molar-refractivity contribution < 1.29 is 47.1 Å². The SMILES string of the molecule is CC1(C)OB(c2ccc(N)c([N+](=O)[O-])c2)OC1(C)C.CCC[CH2][Sn]([CH2]CCC)([CH2]CCC)[c]1ccccn1.Cc1oncc1-c1ccc(-c2ccccn2)c([N+](=O)[O-])c1.Cc1oncc1-c1ccc(I)c([N+](=O)[O-])c1.Cc1oncc1-c1ccc(N)c([N+](=O)[O-])c1.Cc1oncc1I. The number of halogens is 2. The van der Waals surface area contributed by atoms with Crippen LogP contribution in [0, 0.1) is 75.3 Å². The first-order valence-electron chi connectivity index (χ1n) is 31.4. The molecule has 7 heterocycles. The second kappa shape index (κ2) is 36.9. The van der Waals surface area contributed by atoms with Crippen molar-refractivity contribution in [2.45, 2.75) is 139 Å². The van der Waals surface area contributed by atoms with Crippen molar-refractivity contribution in [2.75, 3.05) is 11.5 Å². The predicted octanol–water partition coefficient (Wildman–Crippen LogP) is 17.1. The molecule has 98 heavy (non-hydrogen) atoms. The topological polar surface area (TPSA) is 373 Å². The Bertz CT molecular complexity index is 4110. The van der Waals surface area contributed by atoms with Gasteiger partial charge < -0.3 is 38.9 Å². The van der Waals surface area contributed by atoms with Gasteiger partial charge in [-0.3, -0.25) is 45.4 Å². The van der Waals surface area contributed by atoms with Crippen LogP contribution in [0.2, 0.25) is 13.3 Å². The summed E-state index contributed by atoms with van der Waals surface area (Å²) in [6, 6.07) is 31.2. The number of hydrogen-bond acceptors (Lipinski definition) is 22. The first kappa shape index (κ1) is 78.5. The van der Waals surface area contributed by atoms with Crippen molar-refractivity contribution >= 4 is 114 Å². The van der Waals surface area contributed by atoms with Crippen LogP contribution >= 0.6 is 45.2 Å². The molecule has 10 aromatic rings. The first-order chi connectivity index (χ1) is 46.6. The maximum atomic E-state index is 11.3. The zero-order valence-electron chi connectivity index (χ0n) is 56.4. The van der Waals surface area contributed by atoms with Gasteiger partial charge in [0.15, 0.2) is 0 Å². The molecular weight excluding hydrogens is 1590 g/mol. The van der Waals surface area contributed by atoms with Crippen LogP contribution in [0.25, 0.3) is 44.6 Å². The van der Waals surface area contributed by atoms with Gasteiger partial charge in [0.1, 0.15) is 34.4 Å². The van der Waals surface area contributed by atoms with Gasteiger partial charge in [0.2, 0.25) is 0 Å². The summed E-state index contributed by atoms with van der Waals surface area (Å²) >= 11 is 1.89. The Morgan fingerprint density at radius 2 is 0.878 bits per heavy atom. The Hall–Kier alpha value is -8.54. The van der Waals surface area contributed by atoms with E-state index in [1.54, 1.807) is 97.8 Å². The molecule has 1 saturated heterocycles. The number of rotatable bonds is 19. The molecule has 0 atom stereocenters. The van der Waals surface area contributed by atoms with Crippen LogP contribution in [0.5, 0.6) is 0 Å². The van der Waals surface area contributed by atoms with Crippen LogP contribution < -0.4 is 20.6 Å². The van der Waals surface area contributed by atoms with E-state index >= 15 is 0 Å². The molecule has 0 saturated carbocycles. The van der Waals surface area contributed by atoms with Crippen molar-refractivity contribution in [2.24, 2.45) is 0 Å². The molecule has 0 spiro atoms. The van der Waals surface area contributed by atoms with Gasteiger partial charge in [0, 0.05) is 47.2 Å². The smallest absolute Gasteiger partial charge is 0.292 e. The van der Waals surface area contributed by atoms with Crippen molar-refractivity contribution in [1.29, 1.82) is 0 Å². The number of aromatic nitrogens is 6. The monoisotopic (exact) mass is 1670 g/mol. The number of unbranched alkanes of at least 4 members (excludes halogenated alkanes) is 3. The molecule has 1 aliphatic rings. The minimum atomic E-state index is -2.21. The molecule has 1 aliphatic heterocycles. The predicted molar refractivity (Wildman–Crippen MR) is 396 cm³/mol. The second-order valence-corrected chi connectivity index (χ2v) is 39.1. The summed E-state index contributed by atoms with van der Waals surface area (Å²) in [5.41, 5.74) is 16.2. The number of hydrogen-bond donors (Lipinski definition) is 2. The number of nitro groups is 4. The van der Waals surface area contributed by atoms with E-state index in [0.717, 1.165) is 31.6 Å². The van der Waals surface area contributed by atoms with Crippen LogP contribution in [0.15, 0.2) is 164 Å². The van der Waals surface area contributed by atoms with E-state index in [0.29, 0.717) is 48.7 Å². The van der Waals surface area contributed by atoms with Gasteiger partial charge in [-0.2, -0.15) is 0 Å². The molecule has 4 aromatic carbocycles. The molecule has 11 rings (SSSR count). The molecule has 4 N–H and O–H groups in total. The number of benzene rings is 4. The molecule has 1 fully saturated rings. The van der Waals surface area contributed by atoms with E-state index in [1.165, 1.54) is 94.4 Å². The fraction of sp³-hybridized carbons (Fsp3) is 0.324. The Morgan fingerprint density at radius 3 is 1.27 bits per heavy atom. The van der Waals surface area contributed by atoms with E-state index in [2.05, 4.69) is 87.2 Å². The third kappa shape index (κ3) is 21.2. The van der Waals surface area contributed by atoms with Crippen LogP contribution in [0.1, 0.15) is 110 Å². The molecule has 0 unspecified atom stereocenters. The number of nitrogen functional groups attached to an aromatic ring is 2. The van der Waals surface area contributed by atoms with Crippen molar-refractivity contribution in [3.63, 3.8) is 0 Å². The summed E-state index contributed by atoms with van der Waals surface area (Å²) in [4.78, 5) is 50.9. The molecule has 6 aromatic heterocycles. The van der Waals surface area contributed by atoms with Crippen LogP contribution in [-0.4, -0.2) is 87.0 Å². The number of pyridine rings is 2. The van der Waals surface area contributed by atoms with E-state index in [9.17, 15) is 40.5 Å². The molecule has 516 valence electrons. The Kier molecular flexibility index (Phi) is 29.5. The number of aryl methyl sites for hydroxylation is 4. The molecule has 0 aliphatic carbocycles. The van der Waals surface area contributed by atoms with Crippen LogP contribution in [-0.2, 0) is 9.31 Å². The van der Waals surface area contributed by atoms with E-state index in [4.69, 9.17) is 43.9 Å². The number of nitrogens with two attached hydrogens (primary N) is 2. The second-order valence-electron chi connectivity index (χ2n) is 23.7. The maximum absolute atomic E-state index is 11.3. The average Bonchev–Trinajstić information content (AvgIpc) is 1.61. The molecule has 30 heteroatoms. The summed E-state index contributed by atoms with van der Waals surface area (Å²) in [6.07, 6.45) is 18.2. The summed E-state index contributed by atoms with van der Waals surface area (Å²) in [5, 5.41) is 58.2. The number of nitrogens with zero attached hydrogens (tertiary/aromatic N) is 10. The largest absolute Gasteiger partial charge is 0.393 e. The fourth-order valence-corrected chi connectivity index (χ4v) is 26.3. The van der Waals surface area contributed by atoms with E-state index < -0.39 is 56.4 Å². The zero-order chi connectivity index (χ0) is 71.9. The molecule has 0 radical (unpaired) electrons. The minimum Gasteiger partial charge on any atom is -0.393 e. The summed E-state index contributed by atoms with van der Waals surface area (Å²) < 4.78 is 39.0. The quantitative estimate of drug-likeness (QED) is 0.0250. The molecule has 0 amide bonds. The van der Waals surface area contributed by atoms with Crippen molar-refractivity contribution in [3.8, 4) is 44.6 Å². The summed E-state index contributed by atoms with van der Waals surface area (Å²) in [5.74, 6) is 2.77. The first-order valence-corrected chi connectivity index (χ1v) is 41.0. The molecule has 0 bridgehead atoms. The standard InChI is InChI=1S/C15H11N3O3.C12H17BN2O4.C10H7IN2O3.C10H9N3O3.C5H4N.C4H4INO.3C4H9.Sn/c1-10-13(9-17-21-10)11-5-6-12(15(8-11)18(19)20)14-4-2-3-7-16-14;1-11(2)12(3,4)19-13(18-11)8-5-6-9(14)10(7-8)15(16)17;2*1-6-8(5-12-16-6)7-2-3-9(11)10(4-7)13(14)15;1-2-4-6-5-3-1;1-3-4(5)2-6-7-3;3*1-3-4-2;/h2-9H,1H3;5-7H,14H2,1-4H3;2-5H,1H3;2-5H,11H2,1H3;1-4H;2H,1H3;3*1,3-4H2,2H3;. The molecular formula is C68H79BI2N12O14Sn. The van der Waals surface area contributed by atoms with Crippen molar-refractivity contribution in [3.05, 3.63) is 217 Å². The summed E-state index contributed by atoms with van der Waals surface area (Å²) in [7, 11) is -0.621. The van der Waals surface area contributed by atoms with E-state index in [1.807, 2.05) is 69.5 Å². The van der Waals surface area contributed by atoms with Gasteiger partial charge in [-0.05, 0) is 159 Å². The maximum Gasteiger partial charge on any atom is 0.292 e. The normalized spacial score (nSPS) is 12.6. The van der Waals surface area contributed by atoms with Gasteiger partial charge in [0.25, 0.3) is 22.7 Å². The van der Waals surface area contributed by atoms with E-state index in [-0.39, 0.29) is 34.1 Å². The van der Waals surface area contributed by atoms with Crippen molar-refractivity contribution in [1.82, 2.24) is 30.6 Å². The van der Waals surface area contributed by atoms with Crippen LogP contribution in [0.3, 0.4) is 0 Å².